The summed E-state index contributed by atoms with van der Waals surface area (Å²) in [4.78, 5) is 23.7. The molecular formula is C25H29ClN6O3. The maximum Gasteiger partial charge on any atom is 0.253 e. The Labute approximate surface area is 209 Å². The molecule has 0 bridgehead atoms. The zero-order chi connectivity index (χ0) is 24.6. The van der Waals surface area contributed by atoms with Gasteiger partial charge < -0.3 is 25.8 Å². The summed E-state index contributed by atoms with van der Waals surface area (Å²) < 4.78 is 5.41. The monoisotopic (exact) mass is 496 g/mol. The van der Waals surface area contributed by atoms with Crippen molar-refractivity contribution in [2.45, 2.75) is 19.6 Å². The highest BCUT2D eigenvalue weighted by Gasteiger charge is 2.14. The summed E-state index contributed by atoms with van der Waals surface area (Å²) in [6.45, 7) is 6.10. The average molecular weight is 497 g/mol. The molecule has 0 radical (unpaired) electrons. The van der Waals surface area contributed by atoms with Gasteiger partial charge in [-0.2, -0.15) is 4.98 Å². The van der Waals surface area contributed by atoms with Gasteiger partial charge in [-0.1, -0.05) is 35.9 Å². The van der Waals surface area contributed by atoms with Crippen LogP contribution in [0.25, 0.3) is 0 Å². The van der Waals surface area contributed by atoms with E-state index in [1.807, 2.05) is 12.1 Å². The summed E-state index contributed by atoms with van der Waals surface area (Å²) >= 11 is 6.33. The lowest BCUT2D eigenvalue weighted by Crippen LogP contribution is -2.35. The number of amides is 1. The quantitative estimate of drug-likeness (QED) is 0.356. The Bertz CT molecular complexity index is 1140. The molecule has 2 aromatic carbocycles. The fraction of sp³-hybridized carbons (Fsp3) is 0.320. The lowest BCUT2D eigenvalue weighted by atomic mass is 10.1. The molecule has 1 aliphatic heterocycles. The number of aromatic nitrogens is 2. The maximum absolute atomic E-state index is 12.6. The number of hydrogen-bond acceptors (Lipinski definition) is 8. The van der Waals surface area contributed by atoms with E-state index in [9.17, 15) is 9.90 Å². The van der Waals surface area contributed by atoms with Gasteiger partial charge in [-0.15, -0.1) is 0 Å². The number of nitrogens with zero attached hydrogens (tertiary/aromatic N) is 3. The topological polar surface area (TPSA) is 112 Å². The minimum atomic E-state index is -0.641. The summed E-state index contributed by atoms with van der Waals surface area (Å²) in [6, 6.07) is 15.2. The Morgan fingerprint density at radius 3 is 2.63 bits per heavy atom. The maximum atomic E-state index is 12.6. The van der Waals surface area contributed by atoms with Crippen LogP contribution in [0.3, 0.4) is 0 Å². The first-order valence-corrected chi connectivity index (χ1v) is 11.9. The van der Waals surface area contributed by atoms with Crippen LogP contribution in [0.2, 0.25) is 5.02 Å². The lowest BCUT2D eigenvalue weighted by Gasteiger charge is -2.26. The highest BCUT2D eigenvalue weighted by molar-refractivity contribution is 6.33. The predicted octanol–water partition coefficient (Wildman–Crippen LogP) is 3.56. The van der Waals surface area contributed by atoms with Gasteiger partial charge in [-0.3, -0.25) is 9.69 Å². The number of benzene rings is 2. The fourth-order valence-electron chi connectivity index (χ4n) is 3.61. The second-order valence-electron chi connectivity index (χ2n) is 8.33. The molecule has 4 rings (SSSR count). The molecule has 10 heteroatoms. The third-order valence-electron chi connectivity index (χ3n) is 5.45. The first kappa shape index (κ1) is 24.9. The average Bonchev–Trinajstić information content (AvgIpc) is 2.87. The van der Waals surface area contributed by atoms with E-state index in [0.717, 1.165) is 38.5 Å². The van der Waals surface area contributed by atoms with Gasteiger partial charge in [0.1, 0.15) is 5.02 Å². The van der Waals surface area contributed by atoms with E-state index in [2.05, 4.69) is 43.0 Å². The number of aliphatic hydroxyl groups excluding tert-OH is 1. The van der Waals surface area contributed by atoms with Crippen molar-refractivity contribution < 1.29 is 14.6 Å². The summed E-state index contributed by atoms with van der Waals surface area (Å²) in [5.74, 6) is 0.424. The van der Waals surface area contributed by atoms with Crippen LogP contribution in [0.1, 0.15) is 22.8 Å². The molecule has 1 unspecified atom stereocenters. The van der Waals surface area contributed by atoms with Crippen LogP contribution >= 0.6 is 11.6 Å². The number of halogens is 1. The van der Waals surface area contributed by atoms with Crippen molar-refractivity contribution in [3.8, 4) is 0 Å². The second kappa shape index (κ2) is 11.9. The van der Waals surface area contributed by atoms with E-state index in [1.165, 1.54) is 11.8 Å². The SMILES string of the molecule is CC(O)CNC(=O)c1ccccc1Nc1nc(Nc2ccc(CN3CCOCC3)cc2)ncc1Cl. The Balaban J connectivity index is 1.44. The first-order chi connectivity index (χ1) is 17.0. The number of rotatable bonds is 9. The number of aliphatic hydroxyl groups is 1. The third kappa shape index (κ3) is 7.12. The Kier molecular flexibility index (Phi) is 8.49. The Morgan fingerprint density at radius 1 is 1.14 bits per heavy atom. The predicted molar refractivity (Wildman–Crippen MR) is 137 cm³/mol. The molecule has 9 nitrogen and oxygen atoms in total. The molecule has 1 atom stereocenters. The lowest BCUT2D eigenvalue weighted by molar-refractivity contribution is 0.0342. The van der Waals surface area contributed by atoms with E-state index in [0.29, 0.717) is 28.0 Å². The van der Waals surface area contributed by atoms with Crippen LogP contribution in [0.4, 0.5) is 23.1 Å². The van der Waals surface area contributed by atoms with E-state index in [1.54, 1.807) is 31.2 Å². The number of carbonyl (C=O) groups is 1. The number of anilines is 4. The highest BCUT2D eigenvalue weighted by atomic mass is 35.5. The van der Waals surface area contributed by atoms with Crippen molar-refractivity contribution >= 4 is 40.6 Å². The van der Waals surface area contributed by atoms with Crippen LogP contribution in [0.15, 0.2) is 54.7 Å². The zero-order valence-electron chi connectivity index (χ0n) is 19.5. The second-order valence-corrected chi connectivity index (χ2v) is 8.74. The molecule has 0 spiro atoms. The van der Waals surface area contributed by atoms with Crippen LogP contribution in [0, 0.1) is 0 Å². The summed E-state index contributed by atoms with van der Waals surface area (Å²) in [5.41, 5.74) is 3.02. The van der Waals surface area contributed by atoms with Crippen molar-refractivity contribution in [3.63, 3.8) is 0 Å². The normalized spacial score (nSPS) is 14.8. The van der Waals surface area contributed by atoms with Gasteiger partial charge in [-0.25, -0.2) is 4.98 Å². The molecule has 1 aliphatic rings. The van der Waals surface area contributed by atoms with Gasteiger partial charge in [0.2, 0.25) is 5.95 Å². The minimum Gasteiger partial charge on any atom is -0.392 e. The number of morpholine rings is 1. The zero-order valence-corrected chi connectivity index (χ0v) is 20.3. The van der Waals surface area contributed by atoms with E-state index in [-0.39, 0.29) is 12.5 Å². The number of nitrogens with one attached hydrogen (secondary N) is 3. The van der Waals surface area contributed by atoms with Gasteiger partial charge in [-0.05, 0) is 36.8 Å². The van der Waals surface area contributed by atoms with Crippen LogP contribution in [-0.2, 0) is 11.3 Å². The largest absolute Gasteiger partial charge is 0.392 e. The molecule has 184 valence electrons. The number of hydrogen-bond donors (Lipinski definition) is 4. The summed E-state index contributed by atoms with van der Waals surface area (Å²) in [5, 5.41) is 18.8. The molecule has 0 saturated carbocycles. The smallest absolute Gasteiger partial charge is 0.253 e. The number of ether oxygens (including phenoxy) is 1. The van der Waals surface area contributed by atoms with E-state index >= 15 is 0 Å². The van der Waals surface area contributed by atoms with Gasteiger partial charge in [0.15, 0.2) is 5.82 Å². The van der Waals surface area contributed by atoms with E-state index < -0.39 is 6.10 Å². The van der Waals surface area contributed by atoms with Crippen LogP contribution in [0.5, 0.6) is 0 Å². The van der Waals surface area contributed by atoms with E-state index in [4.69, 9.17) is 16.3 Å². The third-order valence-corrected chi connectivity index (χ3v) is 5.72. The molecule has 1 aromatic heterocycles. The van der Waals surface area contributed by atoms with Gasteiger partial charge in [0.05, 0.1) is 36.8 Å². The molecular weight excluding hydrogens is 468 g/mol. The Hall–Kier alpha value is -3.24. The summed E-state index contributed by atoms with van der Waals surface area (Å²) in [6.07, 6.45) is 0.861. The van der Waals surface area contributed by atoms with Gasteiger partial charge >= 0.3 is 0 Å². The molecule has 3 aromatic rings. The molecule has 2 heterocycles. The number of carbonyl (C=O) groups excluding carboxylic acids is 1. The van der Waals surface area contributed by atoms with Crippen molar-refractivity contribution in [1.82, 2.24) is 20.2 Å². The van der Waals surface area contributed by atoms with Crippen molar-refractivity contribution in [2.24, 2.45) is 0 Å². The molecule has 1 amide bonds. The molecule has 35 heavy (non-hydrogen) atoms. The van der Waals surface area contributed by atoms with Crippen molar-refractivity contribution in [2.75, 3.05) is 43.5 Å². The highest BCUT2D eigenvalue weighted by Crippen LogP contribution is 2.27. The van der Waals surface area contributed by atoms with Crippen LogP contribution in [-0.4, -0.2) is 64.8 Å². The van der Waals surface area contributed by atoms with Crippen molar-refractivity contribution in [1.29, 1.82) is 0 Å². The fourth-order valence-corrected chi connectivity index (χ4v) is 3.75. The van der Waals surface area contributed by atoms with Crippen LogP contribution < -0.4 is 16.0 Å². The van der Waals surface area contributed by atoms with Crippen molar-refractivity contribution in [3.05, 3.63) is 70.9 Å². The molecule has 0 aliphatic carbocycles. The number of para-hydroxylation sites is 1. The Morgan fingerprint density at radius 2 is 1.89 bits per heavy atom. The standard InChI is InChI=1S/C25H29ClN6O3/c1-17(33)14-27-24(34)20-4-2-3-5-22(20)30-23-21(26)15-28-25(31-23)29-19-8-6-18(7-9-19)16-32-10-12-35-13-11-32/h2-9,15,17,33H,10-14,16H2,1H3,(H,27,34)(H2,28,29,30,31). The summed E-state index contributed by atoms with van der Waals surface area (Å²) in [7, 11) is 0. The minimum absolute atomic E-state index is 0.154. The molecule has 1 fully saturated rings. The first-order valence-electron chi connectivity index (χ1n) is 11.5. The van der Waals surface area contributed by atoms with Gasteiger partial charge in [0, 0.05) is 31.9 Å². The van der Waals surface area contributed by atoms with Gasteiger partial charge in [0.25, 0.3) is 5.91 Å². The molecule has 4 N–H and O–H groups in total. The molecule has 1 saturated heterocycles.